The minimum absolute atomic E-state index is 0.361. The number of nitrogens with zero attached hydrogens (tertiary/aromatic N) is 3. The van der Waals surface area contributed by atoms with Crippen LogP contribution in [0, 0.1) is 0 Å². The summed E-state index contributed by atoms with van der Waals surface area (Å²) in [5.41, 5.74) is 1.65. The van der Waals surface area contributed by atoms with Crippen LogP contribution >= 0.6 is 11.6 Å². The fourth-order valence-corrected chi connectivity index (χ4v) is 2.81. The van der Waals surface area contributed by atoms with E-state index in [1.54, 1.807) is 18.3 Å². The van der Waals surface area contributed by atoms with Crippen LogP contribution in [-0.2, 0) is 6.42 Å². The Hall–Kier alpha value is -2.44. The second kappa shape index (κ2) is 5.82. The molecule has 0 unspecified atom stereocenters. The van der Waals surface area contributed by atoms with E-state index in [0.717, 1.165) is 11.1 Å². The molecule has 25 heavy (non-hydrogen) atoms. The maximum atomic E-state index is 10.2. The Morgan fingerprint density at radius 2 is 1.96 bits per heavy atom. The molecule has 1 aliphatic heterocycles. The zero-order chi connectivity index (χ0) is 17.6. The van der Waals surface area contributed by atoms with Gasteiger partial charge in [-0.05, 0) is 44.2 Å². The van der Waals surface area contributed by atoms with E-state index in [1.807, 2.05) is 32.0 Å². The Kier molecular flexibility index (Phi) is 3.74. The van der Waals surface area contributed by atoms with Gasteiger partial charge in [0.15, 0.2) is 0 Å². The second-order valence-corrected chi connectivity index (χ2v) is 6.98. The van der Waals surface area contributed by atoms with Crippen molar-refractivity contribution < 1.29 is 14.4 Å². The maximum absolute atomic E-state index is 10.2. The van der Waals surface area contributed by atoms with E-state index in [1.165, 1.54) is 0 Å². The van der Waals surface area contributed by atoms with Gasteiger partial charge < -0.3 is 14.4 Å². The molecule has 3 heterocycles. The predicted molar refractivity (Wildman–Crippen MR) is 92.4 cm³/mol. The standard InChI is InChI=1S/C18H16ClN3O3/c1-18(2)14(23)8-11-7-12(9-20-16(11)24-18)17-21-15(22-25-17)10-3-5-13(19)6-4-10/h3-7,9,14,23H,8H2,1-2H3/t14-/m1/s1. The highest BCUT2D eigenvalue weighted by Gasteiger charge is 2.36. The van der Waals surface area contributed by atoms with Crippen molar-refractivity contribution in [3.05, 3.63) is 47.1 Å². The third-order valence-electron chi connectivity index (χ3n) is 4.28. The zero-order valence-corrected chi connectivity index (χ0v) is 14.5. The molecular formula is C18H16ClN3O3. The number of hydrogen-bond donors (Lipinski definition) is 1. The van der Waals surface area contributed by atoms with Crippen molar-refractivity contribution >= 4 is 11.6 Å². The molecule has 1 N–H and O–H groups in total. The first-order valence-electron chi connectivity index (χ1n) is 7.88. The number of rotatable bonds is 2. The van der Waals surface area contributed by atoms with Gasteiger partial charge in [0.25, 0.3) is 5.89 Å². The molecule has 1 atom stereocenters. The van der Waals surface area contributed by atoms with Crippen LogP contribution < -0.4 is 4.74 Å². The molecule has 0 fully saturated rings. The van der Waals surface area contributed by atoms with Crippen molar-refractivity contribution in [3.63, 3.8) is 0 Å². The number of aliphatic hydroxyl groups excluding tert-OH is 1. The Balaban J connectivity index is 1.65. The average Bonchev–Trinajstić information content (AvgIpc) is 3.06. The third kappa shape index (κ3) is 2.99. The molecule has 1 aromatic carbocycles. The van der Waals surface area contributed by atoms with E-state index in [0.29, 0.717) is 34.6 Å². The van der Waals surface area contributed by atoms with Crippen molar-refractivity contribution in [2.75, 3.05) is 0 Å². The smallest absolute Gasteiger partial charge is 0.259 e. The normalized spacial score (nSPS) is 18.5. The molecule has 3 aromatic rings. The lowest BCUT2D eigenvalue weighted by molar-refractivity contribution is -0.0442. The van der Waals surface area contributed by atoms with E-state index in [-0.39, 0.29) is 0 Å². The number of fused-ring (bicyclic) bond motifs is 1. The minimum atomic E-state index is -0.659. The highest BCUT2D eigenvalue weighted by molar-refractivity contribution is 6.30. The van der Waals surface area contributed by atoms with Crippen LogP contribution in [0.2, 0.25) is 5.02 Å². The number of hydrogen-bond acceptors (Lipinski definition) is 6. The van der Waals surface area contributed by atoms with Crippen molar-refractivity contribution in [1.82, 2.24) is 15.1 Å². The zero-order valence-electron chi connectivity index (χ0n) is 13.7. The van der Waals surface area contributed by atoms with Gasteiger partial charge in [0, 0.05) is 28.8 Å². The topological polar surface area (TPSA) is 81.3 Å². The quantitative estimate of drug-likeness (QED) is 0.755. The van der Waals surface area contributed by atoms with Gasteiger partial charge in [-0.15, -0.1) is 0 Å². The summed E-state index contributed by atoms with van der Waals surface area (Å²) in [5, 5.41) is 14.9. The molecule has 0 saturated heterocycles. The molecule has 6 nitrogen and oxygen atoms in total. The third-order valence-corrected chi connectivity index (χ3v) is 4.53. The summed E-state index contributed by atoms with van der Waals surface area (Å²) in [6, 6.07) is 9.06. The van der Waals surface area contributed by atoms with Gasteiger partial charge in [-0.2, -0.15) is 4.98 Å². The first-order valence-corrected chi connectivity index (χ1v) is 8.26. The molecule has 7 heteroatoms. The van der Waals surface area contributed by atoms with Crippen LogP contribution in [-0.4, -0.2) is 31.9 Å². The number of aromatic nitrogens is 3. The van der Waals surface area contributed by atoms with Gasteiger partial charge in [0.2, 0.25) is 11.7 Å². The van der Waals surface area contributed by atoms with Gasteiger partial charge in [-0.25, -0.2) is 4.98 Å². The monoisotopic (exact) mass is 357 g/mol. The minimum Gasteiger partial charge on any atom is -0.469 e. The average molecular weight is 358 g/mol. The highest BCUT2D eigenvalue weighted by atomic mass is 35.5. The molecule has 2 aromatic heterocycles. The Morgan fingerprint density at radius 3 is 2.72 bits per heavy atom. The van der Waals surface area contributed by atoms with E-state index in [2.05, 4.69) is 15.1 Å². The van der Waals surface area contributed by atoms with Crippen molar-refractivity contribution in [1.29, 1.82) is 0 Å². The number of benzene rings is 1. The van der Waals surface area contributed by atoms with Crippen LogP contribution in [0.5, 0.6) is 5.88 Å². The molecular weight excluding hydrogens is 342 g/mol. The van der Waals surface area contributed by atoms with Gasteiger partial charge in [0.1, 0.15) is 5.60 Å². The number of pyridine rings is 1. The number of ether oxygens (including phenoxy) is 1. The first-order chi connectivity index (χ1) is 11.9. The summed E-state index contributed by atoms with van der Waals surface area (Å²) in [6.45, 7) is 3.68. The molecule has 1 aliphatic rings. The van der Waals surface area contributed by atoms with Crippen molar-refractivity contribution in [3.8, 4) is 28.7 Å². The van der Waals surface area contributed by atoms with E-state index in [9.17, 15) is 5.11 Å². The van der Waals surface area contributed by atoms with E-state index < -0.39 is 11.7 Å². The highest BCUT2D eigenvalue weighted by Crippen LogP contribution is 2.34. The summed E-state index contributed by atoms with van der Waals surface area (Å²) in [5.74, 6) is 1.36. The van der Waals surface area contributed by atoms with Crippen LogP contribution in [0.4, 0.5) is 0 Å². The van der Waals surface area contributed by atoms with Gasteiger partial charge >= 0.3 is 0 Å². The summed E-state index contributed by atoms with van der Waals surface area (Å²) in [6.07, 6.45) is 1.48. The summed E-state index contributed by atoms with van der Waals surface area (Å²) >= 11 is 5.89. The molecule has 0 saturated carbocycles. The van der Waals surface area contributed by atoms with Crippen LogP contribution in [0.25, 0.3) is 22.8 Å². The molecule has 0 bridgehead atoms. The lowest BCUT2D eigenvalue weighted by Gasteiger charge is -2.36. The first kappa shape index (κ1) is 16.1. The lowest BCUT2D eigenvalue weighted by atomic mass is 9.92. The molecule has 4 rings (SSSR count). The summed E-state index contributed by atoms with van der Waals surface area (Å²) in [4.78, 5) is 8.75. The predicted octanol–water partition coefficient (Wildman–Crippen LogP) is 3.53. The van der Waals surface area contributed by atoms with Gasteiger partial charge in [-0.1, -0.05) is 16.8 Å². The molecule has 0 spiro atoms. The molecule has 0 radical (unpaired) electrons. The fraction of sp³-hybridized carbons (Fsp3) is 0.278. The lowest BCUT2D eigenvalue weighted by Crippen LogP contribution is -2.46. The molecule has 128 valence electrons. The number of halogens is 1. The van der Waals surface area contributed by atoms with Crippen molar-refractivity contribution in [2.45, 2.75) is 32.0 Å². The van der Waals surface area contributed by atoms with Crippen LogP contribution in [0.15, 0.2) is 41.1 Å². The van der Waals surface area contributed by atoms with Gasteiger partial charge in [0.05, 0.1) is 11.7 Å². The molecule has 0 amide bonds. The Bertz CT molecular complexity index is 922. The fourth-order valence-electron chi connectivity index (χ4n) is 2.68. The largest absolute Gasteiger partial charge is 0.469 e. The second-order valence-electron chi connectivity index (χ2n) is 6.54. The van der Waals surface area contributed by atoms with Crippen LogP contribution in [0.3, 0.4) is 0 Å². The Labute approximate surface area is 149 Å². The van der Waals surface area contributed by atoms with Crippen LogP contribution in [0.1, 0.15) is 19.4 Å². The molecule has 0 aliphatic carbocycles. The van der Waals surface area contributed by atoms with E-state index in [4.69, 9.17) is 20.9 Å². The van der Waals surface area contributed by atoms with E-state index >= 15 is 0 Å². The van der Waals surface area contributed by atoms with Crippen molar-refractivity contribution in [2.24, 2.45) is 0 Å². The number of aliphatic hydroxyl groups is 1. The summed E-state index contributed by atoms with van der Waals surface area (Å²) < 4.78 is 11.1. The Morgan fingerprint density at radius 1 is 1.20 bits per heavy atom. The van der Waals surface area contributed by atoms with Gasteiger partial charge in [-0.3, -0.25) is 0 Å². The SMILES string of the molecule is CC1(C)Oc2ncc(-c3nc(-c4ccc(Cl)cc4)no3)cc2C[C@H]1O. The maximum Gasteiger partial charge on any atom is 0.259 e. The summed E-state index contributed by atoms with van der Waals surface area (Å²) in [7, 11) is 0.